The van der Waals surface area contributed by atoms with Crippen LogP contribution >= 0.6 is 11.3 Å². The molecule has 0 spiro atoms. The van der Waals surface area contributed by atoms with E-state index in [0.717, 1.165) is 34.5 Å². The van der Waals surface area contributed by atoms with Crippen molar-refractivity contribution < 1.29 is 9.53 Å². The number of ketones is 1. The summed E-state index contributed by atoms with van der Waals surface area (Å²) in [5.41, 5.74) is 7.44. The SMILES string of the molecule is Cc1ncsc1C1=C(c2cn[nH]n2)C(=O)c2cc(OCCCc3ccccc3)ccc21. The number of allylic oxidation sites excluding steroid dienone is 1. The molecule has 0 radical (unpaired) electrons. The second-order valence-corrected chi connectivity index (χ2v) is 8.20. The van der Waals surface area contributed by atoms with Gasteiger partial charge in [-0.2, -0.15) is 15.4 Å². The molecule has 1 N–H and O–H groups in total. The van der Waals surface area contributed by atoms with Gasteiger partial charge in [-0.05, 0) is 49.1 Å². The van der Waals surface area contributed by atoms with Crippen LogP contribution in [-0.2, 0) is 6.42 Å². The van der Waals surface area contributed by atoms with Crippen LogP contribution in [0.2, 0.25) is 0 Å². The quantitative estimate of drug-likeness (QED) is 0.430. The number of aryl methyl sites for hydroxylation is 2. The van der Waals surface area contributed by atoms with Crippen molar-refractivity contribution in [1.29, 1.82) is 0 Å². The molecule has 7 heteroatoms. The van der Waals surface area contributed by atoms with Crippen molar-refractivity contribution in [2.45, 2.75) is 19.8 Å². The van der Waals surface area contributed by atoms with Gasteiger partial charge in [-0.15, -0.1) is 11.3 Å². The third kappa shape index (κ3) is 3.68. The standard InChI is InChI=1S/C24H20N4O2S/c1-15-24(31-14-25-15)21-18-10-9-17(30-11-5-8-16-6-3-2-4-7-16)12-19(18)23(29)22(21)20-13-26-28-27-20/h2-4,6-7,9-10,12-14H,5,8,11H2,1H3,(H,26,27,28). The van der Waals surface area contributed by atoms with Crippen molar-refractivity contribution in [3.05, 3.63) is 93.2 Å². The fourth-order valence-corrected chi connectivity index (χ4v) is 4.73. The molecule has 2 heterocycles. The molecule has 0 unspecified atom stereocenters. The number of nitrogens with one attached hydrogen (secondary N) is 1. The van der Waals surface area contributed by atoms with Gasteiger partial charge in [-0.3, -0.25) is 4.79 Å². The third-order valence-corrected chi connectivity index (χ3v) is 6.29. The zero-order valence-corrected chi connectivity index (χ0v) is 17.8. The lowest BCUT2D eigenvalue weighted by Crippen LogP contribution is -2.02. The first kappa shape index (κ1) is 19.4. The van der Waals surface area contributed by atoms with Gasteiger partial charge < -0.3 is 4.74 Å². The molecule has 0 bridgehead atoms. The van der Waals surface area contributed by atoms with Crippen LogP contribution in [0.4, 0.5) is 0 Å². The van der Waals surface area contributed by atoms with Crippen molar-refractivity contribution >= 4 is 28.3 Å². The predicted octanol–water partition coefficient (Wildman–Crippen LogP) is 4.74. The highest BCUT2D eigenvalue weighted by Gasteiger charge is 2.34. The summed E-state index contributed by atoms with van der Waals surface area (Å²) in [4.78, 5) is 18.7. The molecule has 5 rings (SSSR count). The van der Waals surface area contributed by atoms with Crippen molar-refractivity contribution in [2.75, 3.05) is 6.61 Å². The van der Waals surface area contributed by atoms with E-state index in [1.807, 2.05) is 43.3 Å². The van der Waals surface area contributed by atoms with Crippen LogP contribution in [0.3, 0.4) is 0 Å². The van der Waals surface area contributed by atoms with Crippen LogP contribution in [0.5, 0.6) is 5.75 Å². The maximum atomic E-state index is 13.4. The minimum atomic E-state index is -0.0681. The van der Waals surface area contributed by atoms with Crippen molar-refractivity contribution in [3.8, 4) is 5.75 Å². The molecule has 0 atom stereocenters. The van der Waals surface area contributed by atoms with Crippen LogP contribution < -0.4 is 4.74 Å². The van der Waals surface area contributed by atoms with Gasteiger partial charge in [0.15, 0.2) is 5.78 Å². The normalized spacial score (nSPS) is 13.0. The Morgan fingerprint density at radius 1 is 1.06 bits per heavy atom. The number of fused-ring (bicyclic) bond motifs is 1. The van der Waals surface area contributed by atoms with E-state index in [9.17, 15) is 4.79 Å². The molecule has 0 saturated carbocycles. The third-order valence-electron chi connectivity index (χ3n) is 5.35. The lowest BCUT2D eigenvalue weighted by atomic mass is 10.0. The first-order valence-electron chi connectivity index (χ1n) is 10.1. The fourth-order valence-electron chi connectivity index (χ4n) is 3.86. The fraction of sp³-hybridized carbons (Fsp3) is 0.167. The summed E-state index contributed by atoms with van der Waals surface area (Å²) in [6, 6.07) is 16.1. The molecular weight excluding hydrogens is 408 g/mol. The van der Waals surface area contributed by atoms with E-state index in [4.69, 9.17) is 4.74 Å². The molecule has 4 aromatic rings. The average molecular weight is 429 g/mol. The van der Waals surface area contributed by atoms with Gasteiger partial charge in [0, 0.05) is 11.1 Å². The topological polar surface area (TPSA) is 80.8 Å². The van der Waals surface area contributed by atoms with Gasteiger partial charge in [0.25, 0.3) is 0 Å². The van der Waals surface area contributed by atoms with E-state index in [1.165, 1.54) is 16.9 Å². The van der Waals surface area contributed by atoms with Gasteiger partial charge in [-0.1, -0.05) is 30.3 Å². The van der Waals surface area contributed by atoms with Gasteiger partial charge >= 0.3 is 0 Å². The Labute approximate surface area is 183 Å². The van der Waals surface area contributed by atoms with E-state index >= 15 is 0 Å². The molecule has 0 amide bonds. The predicted molar refractivity (Wildman–Crippen MR) is 120 cm³/mol. The largest absolute Gasteiger partial charge is 0.494 e. The number of carbonyl (C=O) groups is 1. The van der Waals surface area contributed by atoms with Crippen molar-refractivity contribution in [2.24, 2.45) is 0 Å². The Morgan fingerprint density at radius 2 is 1.94 bits per heavy atom. The molecule has 2 aromatic carbocycles. The molecule has 6 nitrogen and oxygen atoms in total. The van der Waals surface area contributed by atoms with Crippen molar-refractivity contribution in [3.63, 3.8) is 0 Å². The number of thiazole rings is 1. The van der Waals surface area contributed by atoms with Crippen LogP contribution in [0.15, 0.2) is 60.2 Å². The first-order chi connectivity index (χ1) is 15.2. The highest BCUT2D eigenvalue weighted by molar-refractivity contribution is 7.11. The molecular formula is C24H20N4O2S. The van der Waals surface area contributed by atoms with E-state index < -0.39 is 0 Å². The Balaban J connectivity index is 1.40. The maximum absolute atomic E-state index is 13.4. The summed E-state index contributed by atoms with van der Waals surface area (Å²) < 4.78 is 5.96. The number of H-pyrrole nitrogens is 1. The molecule has 1 aliphatic rings. The Hall–Kier alpha value is -3.58. The number of hydrogen-bond donors (Lipinski definition) is 1. The summed E-state index contributed by atoms with van der Waals surface area (Å²) in [7, 11) is 0. The summed E-state index contributed by atoms with van der Waals surface area (Å²) in [5.74, 6) is 0.628. The number of benzene rings is 2. The molecule has 2 aromatic heterocycles. The lowest BCUT2D eigenvalue weighted by Gasteiger charge is -2.09. The summed E-state index contributed by atoms with van der Waals surface area (Å²) in [6.07, 6.45) is 3.44. The summed E-state index contributed by atoms with van der Waals surface area (Å²) in [5, 5.41) is 10.7. The zero-order chi connectivity index (χ0) is 21.2. The van der Waals surface area contributed by atoms with Crippen LogP contribution in [-0.4, -0.2) is 32.8 Å². The molecule has 0 fully saturated rings. The summed E-state index contributed by atoms with van der Waals surface area (Å²) >= 11 is 1.52. The number of nitrogens with zero attached hydrogens (tertiary/aromatic N) is 3. The highest BCUT2D eigenvalue weighted by atomic mass is 32.1. The van der Waals surface area contributed by atoms with Crippen LogP contribution in [0.25, 0.3) is 11.1 Å². The first-order valence-corrected chi connectivity index (χ1v) is 11.0. The van der Waals surface area contributed by atoms with E-state index in [-0.39, 0.29) is 5.78 Å². The van der Waals surface area contributed by atoms with Gasteiger partial charge in [0.05, 0.1) is 34.5 Å². The number of ether oxygens (including phenoxy) is 1. The lowest BCUT2D eigenvalue weighted by molar-refractivity contribution is 0.105. The number of aromatic nitrogens is 4. The second kappa shape index (κ2) is 8.28. The average Bonchev–Trinajstić information content (AvgIpc) is 3.52. The monoisotopic (exact) mass is 428 g/mol. The molecule has 1 aliphatic carbocycles. The van der Waals surface area contributed by atoms with E-state index in [1.54, 1.807) is 11.7 Å². The minimum Gasteiger partial charge on any atom is -0.494 e. The molecule has 31 heavy (non-hydrogen) atoms. The molecule has 0 saturated heterocycles. The number of hydrogen-bond acceptors (Lipinski definition) is 6. The van der Waals surface area contributed by atoms with Crippen LogP contribution in [0.1, 0.15) is 44.2 Å². The maximum Gasteiger partial charge on any atom is 0.196 e. The highest BCUT2D eigenvalue weighted by Crippen LogP contribution is 2.44. The van der Waals surface area contributed by atoms with E-state index in [0.29, 0.717) is 29.2 Å². The van der Waals surface area contributed by atoms with Gasteiger partial charge in [0.2, 0.25) is 0 Å². The number of aromatic amines is 1. The Kier molecular flexibility index (Phi) is 5.18. The smallest absolute Gasteiger partial charge is 0.196 e. The second-order valence-electron chi connectivity index (χ2n) is 7.35. The zero-order valence-electron chi connectivity index (χ0n) is 17.0. The van der Waals surface area contributed by atoms with E-state index in [2.05, 4.69) is 32.5 Å². The minimum absolute atomic E-state index is 0.0681. The summed E-state index contributed by atoms with van der Waals surface area (Å²) in [6.45, 7) is 2.54. The Morgan fingerprint density at radius 3 is 2.68 bits per heavy atom. The molecule has 0 aliphatic heterocycles. The number of rotatable bonds is 7. The van der Waals surface area contributed by atoms with Gasteiger partial charge in [-0.25, -0.2) is 4.98 Å². The van der Waals surface area contributed by atoms with Crippen LogP contribution in [0, 0.1) is 6.92 Å². The van der Waals surface area contributed by atoms with Crippen molar-refractivity contribution in [1.82, 2.24) is 20.4 Å². The number of Topliss-reactive ketones (excluding diaryl/α,β-unsaturated/α-hetero) is 1. The molecule has 154 valence electrons. The Bertz CT molecular complexity index is 1260. The van der Waals surface area contributed by atoms with Gasteiger partial charge in [0.1, 0.15) is 11.4 Å². The number of carbonyl (C=O) groups excluding carboxylic acids is 1.